The van der Waals surface area contributed by atoms with Crippen LogP contribution in [0.3, 0.4) is 0 Å². The van der Waals surface area contributed by atoms with E-state index in [4.69, 9.17) is 0 Å². The van der Waals surface area contributed by atoms with Gasteiger partial charge in [0, 0.05) is 25.7 Å². The monoisotopic (exact) mass is 431 g/mol. The summed E-state index contributed by atoms with van der Waals surface area (Å²) < 4.78 is 16.4. The highest BCUT2D eigenvalue weighted by molar-refractivity contribution is 5.93. The van der Waals surface area contributed by atoms with Crippen molar-refractivity contribution >= 4 is 16.8 Å². The van der Waals surface area contributed by atoms with Crippen LogP contribution in [-0.2, 0) is 7.05 Å². The number of piperidine rings is 1. The van der Waals surface area contributed by atoms with Crippen LogP contribution in [0, 0.1) is 5.82 Å². The Bertz CT molecular complexity index is 1360. The van der Waals surface area contributed by atoms with E-state index in [0.29, 0.717) is 35.4 Å². The molecule has 3 heterocycles. The van der Waals surface area contributed by atoms with Gasteiger partial charge in [-0.2, -0.15) is 5.10 Å². The number of fused-ring (bicyclic) bond motifs is 1. The molecule has 8 heteroatoms. The molecule has 7 nitrogen and oxygen atoms in total. The fourth-order valence-electron chi connectivity index (χ4n) is 4.30. The number of para-hydroxylation sites is 1. The van der Waals surface area contributed by atoms with Crippen LogP contribution >= 0.6 is 0 Å². The number of aromatic nitrogens is 4. The fraction of sp³-hybridized carbons (Fsp3) is 0.250. The topological polar surface area (TPSA) is 73.0 Å². The van der Waals surface area contributed by atoms with Crippen LogP contribution in [0.25, 0.3) is 22.2 Å². The molecule has 32 heavy (non-hydrogen) atoms. The number of likely N-dealkylation sites (tertiary alicyclic amines) is 1. The third-order valence-corrected chi connectivity index (χ3v) is 6.01. The maximum absolute atomic E-state index is 13.3. The van der Waals surface area contributed by atoms with E-state index in [0.717, 1.165) is 18.4 Å². The molecule has 0 bridgehead atoms. The molecule has 0 radical (unpaired) electrons. The van der Waals surface area contributed by atoms with E-state index in [2.05, 4.69) is 10.1 Å². The number of halogens is 1. The van der Waals surface area contributed by atoms with Gasteiger partial charge >= 0.3 is 0 Å². The van der Waals surface area contributed by atoms with Gasteiger partial charge in [-0.1, -0.05) is 12.1 Å². The van der Waals surface area contributed by atoms with Gasteiger partial charge in [-0.25, -0.2) is 9.37 Å². The lowest BCUT2D eigenvalue weighted by Crippen LogP contribution is -2.43. The highest BCUT2D eigenvalue weighted by Gasteiger charge is 2.28. The zero-order valence-corrected chi connectivity index (χ0v) is 17.6. The minimum atomic E-state index is -0.321. The van der Waals surface area contributed by atoms with E-state index >= 15 is 0 Å². The number of carbonyl (C=O) groups is 1. The number of amides is 1. The van der Waals surface area contributed by atoms with Crippen molar-refractivity contribution in [2.75, 3.05) is 13.1 Å². The molecule has 2 aromatic carbocycles. The largest absolute Gasteiger partial charge is 0.335 e. The molecular weight excluding hydrogens is 409 g/mol. The van der Waals surface area contributed by atoms with Crippen molar-refractivity contribution in [3.63, 3.8) is 0 Å². The average molecular weight is 431 g/mol. The predicted molar refractivity (Wildman–Crippen MR) is 119 cm³/mol. The van der Waals surface area contributed by atoms with Crippen LogP contribution in [0.2, 0.25) is 0 Å². The molecular formula is C24H22FN5O2. The fourth-order valence-corrected chi connectivity index (χ4v) is 4.30. The Morgan fingerprint density at radius 3 is 2.72 bits per heavy atom. The van der Waals surface area contributed by atoms with E-state index in [1.807, 2.05) is 18.2 Å². The first kappa shape index (κ1) is 20.1. The maximum atomic E-state index is 13.3. The lowest BCUT2D eigenvalue weighted by molar-refractivity contribution is 0.0666. The third-order valence-electron chi connectivity index (χ3n) is 6.01. The first-order chi connectivity index (χ1) is 15.5. The molecule has 1 fully saturated rings. The molecule has 162 valence electrons. The van der Waals surface area contributed by atoms with E-state index in [9.17, 15) is 14.0 Å². The summed E-state index contributed by atoms with van der Waals surface area (Å²) >= 11 is 0. The van der Waals surface area contributed by atoms with Crippen molar-refractivity contribution in [2.45, 2.75) is 18.9 Å². The van der Waals surface area contributed by atoms with Crippen LogP contribution in [0.15, 0.2) is 65.7 Å². The van der Waals surface area contributed by atoms with Crippen molar-refractivity contribution in [2.24, 2.45) is 7.05 Å². The molecule has 0 saturated carbocycles. The van der Waals surface area contributed by atoms with Gasteiger partial charge in [-0.05, 0) is 55.3 Å². The maximum Gasteiger partial charge on any atom is 0.272 e. The van der Waals surface area contributed by atoms with Gasteiger partial charge in [0.1, 0.15) is 11.5 Å². The Morgan fingerprint density at radius 1 is 1.12 bits per heavy atom. The Kier molecular flexibility index (Phi) is 5.05. The predicted octanol–water partition coefficient (Wildman–Crippen LogP) is 3.41. The SMILES string of the molecule is Cn1nc(-c2ccc(F)cc2)cc1C(=O)N1CCC[C@@H](n2cnc3ccccc3c2=O)C1. The van der Waals surface area contributed by atoms with Crippen molar-refractivity contribution in [1.29, 1.82) is 0 Å². The van der Waals surface area contributed by atoms with Crippen molar-refractivity contribution in [3.05, 3.63) is 82.8 Å². The number of benzene rings is 2. The zero-order valence-electron chi connectivity index (χ0n) is 17.6. The Balaban J connectivity index is 1.40. The number of rotatable bonds is 3. The van der Waals surface area contributed by atoms with Gasteiger partial charge in [0.15, 0.2) is 0 Å². The van der Waals surface area contributed by atoms with Crippen LogP contribution in [0.5, 0.6) is 0 Å². The summed E-state index contributed by atoms with van der Waals surface area (Å²) in [6.07, 6.45) is 3.17. The van der Waals surface area contributed by atoms with Crippen LogP contribution in [0.4, 0.5) is 4.39 Å². The van der Waals surface area contributed by atoms with Crippen molar-refractivity contribution in [1.82, 2.24) is 24.2 Å². The lowest BCUT2D eigenvalue weighted by Gasteiger charge is -2.33. The molecule has 1 amide bonds. The van der Waals surface area contributed by atoms with Gasteiger partial charge in [0.25, 0.3) is 11.5 Å². The average Bonchev–Trinajstić information content (AvgIpc) is 3.21. The number of hydrogen-bond acceptors (Lipinski definition) is 4. The molecule has 1 atom stereocenters. The summed E-state index contributed by atoms with van der Waals surface area (Å²) in [5.41, 5.74) is 2.38. The Morgan fingerprint density at radius 2 is 1.91 bits per heavy atom. The molecule has 4 aromatic rings. The molecule has 1 aliphatic heterocycles. The number of aryl methyl sites for hydroxylation is 1. The minimum absolute atomic E-state index is 0.0889. The molecule has 2 aromatic heterocycles. The summed E-state index contributed by atoms with van der Waals surface area (Å²) in [5, 5.41) is 5.01. The first-order valence-electron chi connectivity index (χ1n) is 10.6. The van der Waals surface area contributed by atoms with E-state index < -0.39 is 0 Å². The second kappa shape index (κ2) is 8.03. The van der Waals surface area contributed by atoms with Crippen LogP contribution < -0.4 is 5.56 Å². The molecule has 0 N–H and O–H groups in total. The normalized spacial score (nSPS) is 16.4. The van der Waals surface area contributed by atoms with Gasteiger partial charge in [-0.3, -0.25) is 18.8 Å². The van der Waals surface area contributed by atoms with Gasteiger partial charge in [-0.15, -0.1) is 0 Å². The molecule has 0 unspecified atom stereocenters. The Hall–Kier alpha value is -3.81. The number of hydrogen-bond donors (Lipinski definition) is 0. The molecule has 5 rings (SSSR count). The number of carbonyl (C=O) groups excluding carboxylic acids is 1. The molecule has 0 spiro atoms. The quantitative estimate of drug-likeness (QED) is 0.498. The second-order valence-corrected chi connectivity index (χ2v) is 8.07. The number of nitrogens with zero attached hydrogens (tertiary/aromatic N) is 5. The molecule has 0 aliphatic carbocycles. The minimum Gasteiger partial charge on any atom is -0.335 e. The zero-order chi connectivity index (χ0) is 22.2. The lowest BCUT2D eigenvalue weighted by atomic mass is 10.0. The van der Waals surface area contributed by atoms with E-state index in [1.54, 1.807) is 51.8 Å². The standard InChI is InChI=1S/C24H22FN5O2/c1-28-22(13-21(27-28)16-8-10-17(25)11-9-16)24(32)29-12-4-5-18(14-29)30-15-26-20-7-3-2-6-19(20)23(30)31/h2-3,6-11,13,15,18H,4-5,12,14H2,1H3/t18-/m1/s1. The van der Waals surface area contributed by atoms with Crippen molar-refractivity contribution in [3.8, 4) is 11.3 Å². The van der Waals surface area contributed by atoms with Crippen LogP contribution in [0.1, 0.15) is 29.4 Å². The second-order valence-electron chi connectivity index (χ2n) is 8.07. The van der Waals surface area contributed by atoms with E-state index in [1.165, 1.54) is 12.1 Å². The summed E-state index contributed by atoms with van der Waals surface area (Å²) in [6.45, 7) is 1.04. The highest BCUT2D eigenvalue weighted by atomic mass is 19.1. The summed E-state index contributed by atoms with van der Waals surface area (Å²) in [5.74, 6) is -0.460. The summed E-state index contributed by atoms with van der Waals surface area (Å²) in [6, 6.07) is 14.9. The molecule has 1 aliphatic rings. The smallest absolute Gasteiger partial charge is 0.272 e. The van der Waals surface area contributed by atoms with Crippen LogP contribution in [-0.4, -0.2) is 43.2 Å². The van der Waals surface area contributed by atoms with Gasteiger partial charge in [0.05, 0.1) is 29.0 Å². The summed E-state index contributed by atoms with van der Waals surface area (Å²) in [7, 11) is 1.72. The first-order valence-corrected chi connectivity index (χ1v) is 10.6. The van der Waals surface area contributed by atoms with Gasteiger partial charge < -0.3 is 4.90 Å². The van der Waals surface area contributed by atoms with Crippen molar-refractivity contribution < 1.29 is 9.18 Å². The highest BCUT2D eigenvalue weighted by Crippen LogP contribution is 2.24. The summed E-state index contributed by atoms with van der Waals surface area (Å²) in [4.78, 5) is 32.5. The molecule has 1 saturated heterocycles. The third kappa shape index (κ3) is 3.57. The van der Waals surface area contributed by atoms with E-state index in [-0.39, 0.29) is 23.3 Å². The Labute approximate surface area is 183 Å². The van der Waals surface area contributed by atoms with Gasteiger partial charge in [0.2, 0.25) is 0 Å².